The van der Waals surface area contributed by atoms with E-state index < -0.39 is 5.60 Å². The van der Waals surface area contributed by atoms with Gasteiger partial charge in [-0.05, 0) is 215 Å². The summed E-state index contributed by atoms with van der Waals surface area (Å²) in [4.78, 5) is 106. The lowest BCUT2D eigenvalue weighted by Gasteiger charge is -2.26. The molecule has 0 spiro atoms. The van der Waals surface area contributed by atoms with Crippen LogP contribution in [-0.2, 0) is 38.3 Å². The number of nitrogens with zero attached hydrogens (tertiary/aromatic N) is 7. The van der Waals surface area contributed by atoms with Crippen LogP contribution in [0.4, 0.5) is 0 Å². The van der Waals surface area contributed by atoms with Gasteiger partial charge in [0.05, 0.1) is 45.8 Å². The molecule has 0 radical (unpaired) electrons. The van der Waals surface area contributed by atoms with Crippen molar-refractivity contribution >= 4 is 41.4 Å². The predicted octanol–water partition coefficient (Wildman–Crippen LogP) is -4.73. The Labute approximate surface area is 535 Å². The molecule has 522 valence electrons. The smallest absolute Gasteiger partial charge is 0.320 e. The molecule has 0 fully saturated rings. The summed E-state index contributed by atoms with van der Waals surface area (Å²) in [5.74, 6) is -1.07. The third-order valence-electron chi connectivity index (χ3n) is 14.2. The van der Waals surface area contributed by atoms with Gasteiger partial charge in [0.25, 0.3) is 0 Å². The minimum atomic E-state index is -0.685. The first-order chi connectivity index (χ1) is 42.8. The zero-order chi connectivity index (χ0) is 66.2. The van der Waals surface area contributed by atoms with Crippen LogP contribution in [-0.4, -0.2) is 310 Å². The van der Waals surface area contributed by atoms with Crippen LogP contribution in [0.2, 0.25) is 0 Å². The maximum atomic E-state index is 13.5. The van der Waals surface area contributed by atoms with E-state index in [4.69, 9.17) is 50.6 Å². The largest absolute Gasteiger partial charge is 0.459 e. The number of carbonyl (C=O) groups is 7. The Morgan fingerprint density at radius 2 is 0.404 bits per heavy atom. The summed E-state index contributed by atoms with van der Waals surface area (Å²) in [5.41, 5.74) is 45.1. The first-order valence-electron chi connectivity index (χ1n) is 33.3. The topological polar surface area (TPSA) is 432 Å². The van der Waals surface area contributed by atoms with Crippen LogP contribution in [0.15, 0.2) is 0 Å². The molecule has 6 amide bonds. The number of ether oxygens (including phenoxy) is 1. The molecule has 89 heavy (non-hydrogen) atoms. The van der Waals surface area contributed by atoms with Gasteiger partial charge >= 0.3 is 5.97 Å². The van der Waals surface area contributed by atoms with Crippen LogP contribution in [0.3, 0.4) is 0 Å². The van der Waals surface area contributed by atoms with E-state index in [1.807, 2.05) is 35.5 Å². The zero-order valence-corrected chi connectivity index (χ0v) is 55.7. The summed E-state index contributed by atoms with van der Waals surface area (Å²) in [6.45, 7) is 22.2. The van der Waals surface area contributed by atoms with Crippen molar-refractivity contribution in [3.05, 3.63) is 0 Å². The van der Waals surface area contributed by atoms with Crippen LogP contribution < -0.4 is 77.8 Å². The van der Waals surface area contributed by atoms with Crippen molar-refractivity contribution < 1.29 is 38.3 Å². The quantitative estimate of drug-likeness (QED) is 0.0201. The van der Waals surface area contributed by atoms with E-state index in [1.165, 1.54) is 0 Å². The summed E-state index contributed by atoms with van der Waals surface area (Å²) >= 11 is 0. The summed E-state index contributed by atoms with van der Waals surface area (Å²) < 4.78 is 5.67. The highest BCUT2D eigenvalue weighted by Gasteiger charge is 2.21. The first kappa shape index (κ1) is 84.7. The van der Waals surface area contributed by atoms with Crippen LogP contribution in [0.25, 0.3) is 0 Å². The van der Waals surface area contributed by atoms with Crippen molar-refractivity contribution in [2.45, 2.75) is 116 Å². The van der Waals surface area contributed by atoms with Crippen LogP contribution in [0.1, 0.15) is 111 Å². The van der Waals surface area contributed by atoms with Crippen molar-refractivity contribution in [2.75, 3.05) is 229 Å². The molecule has 0 aromatic heterocycles. The monoisotopic (exact) mass is 1270 g/mol. The standard InChI is InChI=1S/C60H129N21O8/c1-60(2,3)89-59(88)52-81(44-16-30-73-57(86)50-79(40-12-26-69-53(82)46-75(32-4-18-61)33-5-19-62)41-13-27-70-54(83)47-76(34-6-20-63)35-7-21-64)45-17-31-74-58(87)51-80(42-14-28-71-55(84)48-77(36-8-22-65)37-9-23-66)43-15-29-72-56(85)49-78(38-10-24-67)39-11-25-68/h4-52,61-68H2,1-3H3,(H,69,82)(H,70,83)(H,71,84)(H,72,85)(H,73,86)(H,74,87). The van der Waals surface area contributed by atoms with Crippen molar-refractivity contribution in [1.82, 2.24) is 66.2 Å². The molecule has 0 unspecified atom stereocenters. The molecule has 29 heteroatoms. The van der Waals surface area contributed by atoms with Gasteiger partial charge in [0, 0.05) is 78.5 Å². The summed E-state index contributed by atoms with van der Waals surface area (Å²) in [6.07, 6.45) is 9.75. The average molecular weight is 1270 g/mol. The van der Waals surface area contributed by atoms with Gasteiger partial charge < -0.3 is 82.5 Å². The molecule has 0 heterocycles. The summed E-state index contributed by atoms with van der Waals surface area (Å²) in [7, 11) is 0. The lowest BCUT2D eigenvalue weighted by molar-refractivity contribution is -0.156. The van der Waals surface area contributed by atoms with E-state index in [0.717, 1.165) is 51.4 Å². The molecule has 29 nitrogen and oxygen atoms in total. The molecule has 0 aliphatic carbocycles. The van der Waals surface area contributed by atoms with Gasteiger partial charge in [0.15, 0.2) is 0 Å². The molecule has 0 rings (SSSR count). The Kier molecular flexibility index (Phi) is 54.8. The SMILES string of the molecule is CC(C)(C)OC(=O)CN(CCCNC(=O)CN(CCCNC(=O)CN(CCCN)CCCN)CCCNC(=O)CN(CCCN)CCCN)CCCNC(=O)CN(CCCNC(=O)CN(CCCN)CCCN)CCCNC(=O)CN(CCCN)CCCN. The first-order valence-corrected chi connectivity index (χ1v) is 33.3. The highest BCUT2D eigenvalue weighted by Crippen LogP contribution is 2.09. The fourth-order valence-corrected chi connectivity index (χ4v) is 9.70. The molecule has 22 N–H and O–H groups in total. The van der Waals surface area contributed by atoms with E-state index in [-0.39, 0.29) is 87.2 Å². The van der Waals surface area contributed by atoms with Crippen molar-refractivity contribution in [2.24, 2.45) is 45.9 Å². The predicted molar refractivity (Wildman–Crippen MR) is 356 cm³/mol. The van der Waals surface area contributed by atoms with Crippen molar-refractivity contribution in [3.8, 4) is 0 Å². The van der Waals surface area contributed by atoms with Crippen molar-refractivity contribution in [1.29, 1.82) is 0 Å². The van der Waals surface area contributed by atoms with Gasteiger partial charge in [0.2, 0.25) is 35.4 Å². The minimum absolute atomic E-state index is 0.0264. The number of nitrogens with one attached hydrogen (secondary N) is 6. The second-order valence-electron chi connectivity index (χ2n) is 23.9. The van der Waals surface area contributed by atoms with Gasteiger partial charge in [0.1, 0.15) is 5.60 Å². The second-order valence-corrected chi connectivity index (χ2v) is 23.9. The molecule has 0 aromatic rings. The molecule has 0 atom stereocenters. The number of rotatable bonds is 62. The number of hydrogen-bond donors (Lipinski definition) is 14. The number of esters is 1. The number of amides is 6. The molecule has 0 saturated carbocycles. The Balaban J connectivity index is 5.78. The van der Waals surface area contributed by atoms with Gasteiger partial charge in [-0.2, -0.15) is 0 Å². The van der Waals surface area contributed by atoms with Crippen LogP contribution in [0.5, 0.6) is 0 Å². The van der Waals surface area contributed by atoms with Crippen LogP contribution in [0, 0.1) is 0 Å². The normalized spacial score (nSPS) is 11.8. The lowest BCUT2D eigenvalue weighted by atomic mass is 10.2. The van der Waals surface area contributed by atoms with Crippen LogP contribution >= 0.6 is 0 Å². The van der Waals surface area contributed by atoms with E-state index in [9.17, 15) is 33.6 Å². The Morgan fingerprint density at radius 3 is 0.551 bits per heavy atom. The third kappa shape index (κ3) is 53.0. The maximum absolute atomic E-state index is 13.5. The Hall–Kier alpha value is -4.31. The highest BCUT2D eigenvalue weighted by molar-refractivity contribution is 5.80. The highest BCUT2D eigenvalue weighted by atomic mass is 16.6. The number of nitrogens with two attached hydrogens (primary N) is 8. The molecule has 0 aromatic carbocycles. The molecule has 0 bridgehead atoms. The van der Waals surface area contributed by atoms with E-state index in [0.29, 0.717) is 222 Å². The lowest BCUT2D eigenvalue weighted by Crippen LogP contribution is -2.43. The van der Waals surface area contributed by atoms with Gasteiger partial charge in [-0.1, -0.05) is 0 Å². The fourth-order valence-electron chi connectivity index (χ4n) is 9.70. The van der Waals surface area contributed by atoms with E-state index in [2.05, 4.69) is 51.5 Å². The molecular weight excluding hydrogens is 1140 g/mol. The Morgan fingerprint density at radius 1 is 0.258 bits per heavy atom. The average Bonchev–Trinajstić information content (AvgIpc) is 3.63. The fraction of sp³-hybridized carbons (Fsp3) is 0.883. The molecule has 0 aliphatic heterocycles. The molecule has 0 saturated heterocycles. The van der Waals surface area contributed by atoms with Gasteiger partial charge in [-0.3, -0.25) is 67.9 Å². The second kappa shape index (κ2) is 57.6. The Bertz CT molecular complexity index is 1580. The summed E-state index contributed by atoms with van der Waals surface area (Å²) in [5, 5.41) is 18.2. The van der Waals surface area contributed by atoms with Gasteiger partial charge in [-0.15, -0.1) is 0 Å². The van der Waals surface area contributed by atoms with E-state index >= 15 is 0 Å². The van der Waals surface area contributed by atoms with Crippen molar-refractivity contribution in [3.63, 3.8) is 0 Å². The maximum Gasteiger partial charge on any atom is 0.320 e. The number of carbonyl (C=O) groups excluding carboxylic acids is 7. The molecule has 0 aliphatic rings. The van der Waals surface area contributed by atoms with E-state index in [1.54, 1.807) is 0 Å². The van der Waals surface area contributed by atoms with Gasteiger partial charge in [-0.25, -0.2) is 0 Å². The number of hydrogen-bond acceptors (Lipinski definition) is 23. The third-order valence-corrected chi connectivity index (χ3v) is 14.2. The summed E-state index contributed by atoms with van der Waals surface area (Å²) in [6, 6.07) is 0. The minimum Gasteiger partial charge on any atom is -0.459 e. The molecular formula is C60H129N21O8. The zero-order valence-electron chi connectivity index (χ0n) is 55.7.